The Kier molecular flexibility index (Phi) is 1.78. The van der Waals surface area contributed by atoms with Gasteiger partial charge < -0.3 is 4.98 Å². The van der Waals surface area contributed by atoms with Crippen LogP contribution in [0.5, 0.6) is 0 Å². The summed E-state index contributed by atoms with van der Waals surface area (Å²) >= 11 is 0. The number of aryl methyl sites for hydroxylation is 1. The molecule has 1 N–H and O–H groups in total. The first-order chi connectivity index (χ1) is 7.40. The Morgan fingerprint density at radius 1 is 1.13 bits per heavy atom. The molecule has 15 heavy (non-hydrogen) atoms. The first-order valence-corrected chi connectivity index (χ1v) is 5.29. The fourth-order valence-electron chi connectivity index (χ4n) is 2.14. The quantitative estimate of drug-likeness (QED) is 0.608. The van der Waals surface area contributed by atoms with E-state index < -0.39 is 0 Å². The molecule has 0 saturated heterocycles. The number of rotatable bonds is 1. The van der Waals surface area contributed by atoms with Crippen LogP contribution in [0.1, 0.15) is 12.5 Å². The second kappa shape index (κ2) is 3.13. The number of benzene rings is 2. The summed E-state index contributed by atoms with van der Waals surface area (Å²) in [6.07, 6.45) is 1.04. The zero-order valence-electron chi connectivity index (χ0n) is 8.67. The predicted molar refractivity (Wildman–Crippen MR) is 64.0 cm³/mol. The van der Waals surface area contributed by atoms with Crippen LogP contribution < -0.4 is 0 Å². The summed E-state index contributed by atoms with van der Waals surface area (Å²) in [5.41, 5.74) is 3.81. The van der Waals surface area contributed by atoms with Crippen molar-refractivity contribution in [3.05, 3.63) is 48.0 Å². The number of fused-ring (bicyclic) bond motifs is 3. The molecule has 0 aliphatic rings. The SMILES string of the molecule is CCc1c[c]cc2c1[nH]c1ccccc12. The van der Waals surface area contributed by atoms with Crippen LogP contribution in [0.25, 0.3) is 21.8 Å². The first kappa shape index (κ1) is 8.54. The van der Waals surface area contributed by atoms with Gasteiger partial charge in [-0.3, -0.25) is 0 Å². The average Bonchev–Trinajstić information content (AvgIpc) is 2.67. The van der Waals surface area contributed by atoms with Crippen molar-refractivity contribution in [3.63, 3.8) is 0 Å². The van der Waals surface area contributed by atoms with Crippen molar-refractivity contribution in [2.75, 3.05) is 0 Å². The molecule has 1 nitrogen and oxygen atoms in total. The highest BCUT2D eigenvalue weighted by Crippen LogP contribution is 2.27. The molecule has 3 rings (SSSR count). The standard InChI is InChI=1S/C14H12N/c1-2-10-6-5-8-12-11-7-3-4-9-13(11)15-14(10)12/h3-4,6-9,15H,2H2,1H3. The minimum Gasteiger partial charge on any atom is -0.354 e. The van der Waals surface area contributed by atoms with Gasteiger partial charge >= 0.3 is 0 Å². The van der Waals surface area contributed by atoms with Crippen LogP contribution in [0.15, 0.2) is 36.4 Å². The Morgan fingerprint density at radius 2 is 2.00 bits per heavy atom. The molecular formula is C14H12N. The van der Waals surface area contributed by atoms with Crippen molar-refractivity contribution in [1.82, 2.24) is 4.98 Å². The van der Waals surface area contributed by atoms with Crippen molar-refractivity contribution < 1.29 is 0 Å². The van der Waals surface area contributed by atoms with Crippen molar-refractivity contribution in [2.45, 2.75) is 13.3 Å². The lowest BCUT2D eigenvalue weighted by atomic mass is 10.1. The Labute approximate surface area is 88.7 Å². The highest BCUT2D eigenvalue weighted by atomic mass is 14.7. The second-order valence-electron chi connectivity index (χ2n) is 3.79. The number of hydrogen-bond donors (Lipinski definition) is 1. The third kappa shape index (κ3) is 1.16. The van der Waals surface area contributed by atoms with Crippen LogP contribution in [0.4, 0.5) is 0 Å². The van der Waals surface area contributed by atoms with Crippen molar-refractivity contribution >= 4 is 21.8 Å². The molecule has 1 heteroatoms. The normalized spacial score (nSPS) is 11.3. The van der Waals surface area contributed by atoms with Crippen molar-refractivity contribution in [1.29, 1.82) is 0 Å². The van der Waals surface area contributed by atoms with Crippen LogP contribution in [0.3, 0.4) is 0 Å². The molecule has 0 fully saturated rings. The molecular weight excluding hydrogens is 182 g/mol. The Hall–Kier alpha value is -1.76. The topological polar surface area (TPSA) is 15.8 Å². The summed E-state index contributed by atoms with van der Waals surface area (Å²) in [5.74, 6) is 0. The van der Waals surface area contributed by atoms with E-state index in [0.29, 0.717) is 0 Å². The highest BCUT2D eigenvalue weighted by molar-refractivity contribution is 6.08. The molecule has 1 aromatic heterocycles. The third-order valence-corrected chi connectivity index (χ3v) is 2.93. The fourth-order valence-corrected chi connectivity index (χ4v) is 2.14. The molecule has 1 radical (unpaired) electrons. The van der Waals surface area contributed by atoms with Gasteiger partial charge in [0.1, 0.15) is 0 Å². The van der Waals surface area contributed by atoms with Crippen LogP contribution in [0, 0.1) is 6.07 Å². The summed E-state index contributed by atoms with van der Waals surface area (Å²) in [5, 5.41) is 2.57. The molecule has 0 atom stereocenters. The van der Waals surface area contributed by atoms with E-state index >= 15 is 0 Å². The van der Waals surface area contributed by atoms with Crippen LogP contribution in [-0.4, -0.2) is 4.98 Å². The average molecular weight is 194 g/mol. The van der Waals surface area contributed by atoms with E-state index in [4.69, 9.17) is 0 Å². The van der Waals surface area contributed by atoms with Gasteiger partial charge in [0.15, 0.2) is 0 Å². The van der Waals surface area contributed by atoms with Gasteiger partial charge in [-0.25, -0.2) is 0 Å². The molecule has 0 bridgehead atoms. The van der Waals surface area contributed by atoms with E-state index in [0.717, 1.165) is 6.42 Å². The van der Waals surface area contributed by atoms with E-state index in [-0.39, 0.29) is 0 Å². The molecule has 0 aliphatic carbocycles. The molecule has 0 aliphatic heterocycles. The molecule has 0 unspecified atom stereocenters. The maximum absolute atomic E-state index is 3.48. The van der Waals surface area contributed by atoms with Crippen molar-refractivity contribution in [3.8, 4) is 0 Å². The zero-order chi connectivity index (χ0) is 10.3. The number of aromatic nitrogens is 1. The Balaban J connectivity index is 2.53. The van der Waals surface area contributed by atoms with E-state index in [2.05, 4.69) is 54.4 Å². The lowest BCUT2D eigenvalue weighted by molar-refractivity contribution is 1.15. The minimum absolute atomic E-state index is 1.04. The number of aromatic amines is 1. The Morgan fingerprint density at radius 3 is 2.87 bits per heavy atom. The van der Waals surface area contributed by atoms with Gasteiger partial charge in [0, 0.05) is 21.8 Å². The Bertz CT molecular complexity index is 619. The largest absolute Gasteiger partial charge is 0.354 e. The van der Waals surface area contributed by atoms with Gasteiger partial charge in [0.2, 0.25) is 0 Å². The number of para-hydroxylation sites is 1. The van der Waals surface area contributed by atoms with E-state index in [1.807, 2.05) is 0 Å². The summed E-state index contributed by atoms with van der Waals surface area (Å²) in [4.78, 5) is 3.48. The second-order valence-corrected chi connectivity index (χ2v) is 3.79. The maximum atomic E-state index is 3.48. The highest BCUT2D eigenvalue weighted by Gasteiger charge is 2.05. The smallest absolute Gasteiger partial charge is 0.0497 e. The van der Waals surface area contributed by atoms with Gasteiger partial charge in [-0.05, 0) is 36.2 Å². The van der Waals surface area contributed by atoms with Crippen LogP contribution in [-0.2, 0) is 6.42 Å². The molecule has 1 heterocycles. The molecule has 2 aromatic carbocycles. The van der Waals surface area contributed by atoms with E-state index in [1.54, 1.807) is 0 Å². The van der Waals surface area contributed by atoms with E-state index in [9.17, 15) is 0 Å². The number of hydrogen-bond acceptors (Lipinski definition) is 0. The van der Waals surface area contributed by atoms with Crippen LogP contribution in [0.2, 0.25) is 0 Å². The van der Waals surface area contributed by atoms with Crippen LogP contribution >= 0.6 is 0 Å². The summed E-state index contributed by atoms with van der Waals surface area (Å²) in [6, 6.07) is 15.8. The fraction of sp³-hybridized carbons (Fsp3) is 0.143. The summed E-state index contributed by atoms with van der Waals surface area (Å²) in [7, 11) is 0. The molecule has 0 saturated carbocycles. The monoisotopic (exact) mass is 194 g/mol. The van der Waals surface area contributed by atoms with Crippen molar-refractivity contribution in [2.24, 2.45) is 0 Å². The summed E-state index contributed by atoms with van der Waals surface area (Å²) in [6.45, 7) is 2.17. The first-order valence-electron chi connectivity index (χ1n) is 5.29. The molecule has 73 valence electrons. The van der Waals surface area contributed by atoms with Gasteiger partial charge in [0.25, 0.3) is 0 Å². The zero-order valence-corrected chi connectivity index (χ0v) is 8.67. The van der Waals surface area contributed by atoms with E-state index in [1.165, 1.54) is 27.4 Å². The molecule has 3 aromatic rings. The number of nitrogens with one attached hydrogen (secondary N) is 1. The maximum Gasteiger partial charge on any atom is 0.0497 e. The van der Waals surface area contributed by atoms with Gasteiger partial charge in [0.05, 0.1) is 0 Å². The van der Waals surface area contributed by atoms with Gasteiger partial charge in [-0.2, -0.15) is 0 Å². The minimum atomic E-state index is 1.04. The molecule has 0 spiro atoms. The molecule has 0 amide bonds. The third-order valence-electron chi connectivity index (χ3n) is 2.93. The van der Waals surface area contributed by atoms with Gasteiger partial charge in [-0.15, -0.1) is 0 Å². The lowest BCUT2D eigenvalue weighted by Gasteiger charge is -1.97. The summed E-state index contributed by atoms with van der Waals surface area (Å²) < 4.78 is 0. The lowest BCUT2D eigenvalue weighted by Crippen LogP contribution is -1.81. The van der Waals surface area contributed by atoms with Gasteiger partial charge in [-0.1, -0.05) is 25.1 Å². The predicted octanol–water partition coefficient (Wildman–Crippen LogP) is 3.68. The number of H-pyrrole nitrogens is 1.